The van der Waals surface area contributed by atoms with Crippen LogP contribution in [0.5, 0.6) is 0 Å². The number of amides is 1. The van der Waals surface area contributed by atoms with E-state index in [0.717, 1.165) is 70.3 Å². The van der Waals surface area contributed by atoms with Crippen molar-refractivity contribution >= 4 is 22.8 Å². The first-order chi connectivity index (χ1) is 14.1. The molecule has 29 heavy (non-hydrogen) atoms. The highest BCUT2D eigenvalue weighted by Gasteiger charge is 2.19. The summed E-state index contributed by atoms with van der Waals surface area (Å²) in [4.78, 5) is 44.0. The summed E-state index contributed by atoms with van der Waals surface area (Å²) in [7, 11) is 0. The molecule has 2 aliphatic heterocycles. The third-order valence-electron chi connectivity index (χ3n) is 5.84. The van der Waals surface area contributed by atoms with Gasteiger partial charge in [-0.1, -0.05) is 19.3 Å². The number of aryl methyl sites for hydroxylation is 1. The summed E-state index contributed by atoms with van der Waals surface area (Å²) in [6.07, 6.45) is 8.11. The van der Waals surface area contributed by atoms with Gasteiger partial charge in [0.15, 0.2) is 6.61 Å². The number of hydrogen-bond donors (Lipinski definition) is 0. The van der Waals surface area contributed by atoms with Crippen LogP contribution in [-0.4, -0.2) is 46.0 Å². The number of nitrogens with zero attached hydrogens (tertiary/aromatic N) is 3. The molecule has 0 aliphatic carbocycles. The topological polar surface area (TPSA) is 81.5 Å². The maximum Gasteiger partial charge on any atom is 0.338 e. The number of esters is 1. The molecule has 7 heteroatoms. The number of carbonyl (C=O) groups excluding carboxylic acids is 2. The molecule has 0 N–H and O–H groups in total. The molecule has 2 aromatic rings. The number of benzene rings is 1. The standard InChI is InChI=1S/C22H27N3O4/c26-20(24-11-5-1-2-6-12-24)15-29-22(28)16-9-10-17-18(14-16)23-19-8-4-3-7-13-25(19)21(17)27/h9-10,14H,1-8,11-13,15H2. The van der Waals surface area contributed by atoms with Gasteiger partial charge in [-0.2, -0.15) is 0 Å². The van der Waals surface area contributed by atoms with E-state index in [1.165, 1.54) is 0 Å². The van der Waals surface area contributed by atoms with Crippen LogP contribution in [0.25, 0.3) is 10.9 Å². The van der Waals surface area contributed by atoms with Crippen molar-refractivity contribution in [3.05, 3.63) is 39.9 Å². The Labute approximate surface area is 169 Å². The Kier molecular flexibility index (Phi) is 5.92. The zero-order chi connectivity index (χ0) is 20.2. The van der Waals surface area contributed by atoms with Gasteiger partial charge in [-0.05, 0) is 43.9 Å². The molecule has 1 aromatic carbocycles. The molecule has 0 radical (unpaired) electrons. The van der Waals surface area contributed by atoms with Crippen molar-refractivity contribution in [2.75, 3.05) is 19.7 Å². The number of ether oxygens (including phenoxy) is 1. The smallest absolute Gasteiger partial charge is 0.338 e. The summed E-state index contributed by atoms with van der Waals surface area (Å²) in [5, 5.41) is 0.507. The molecule has 4 rings (SSSR count). The fraction of sp³-hybridized carbons (Fsp3) is 0.545. The van der Waals surface area contributed by atoms with Crippen molar-refractivity contribution in [3.63, 3.8) is 0 Å². The highest BCUT2D eigenvalue weighted by atomic mass is 16.5. The summed E-state index contributed by atoms with van der Waals surface area (Å²) in [5.41, 5.74) is 0.770. The molecule has 1 aromatic heterocycles. The van der Waals surface area contributed by atoms with Crippen LogP contribution < -0.4 is 5.56 Å². The molecule has 2 aliphatic rings. The molecule has 0 spiro atoms. The Bertz CT molecular complexity index is 974. The van der Waals surface area contributed by atoms with Gasteiger partial charge >= 0.3 is 5.97 Å². The van der Waals surface area contributed by atoms with Crippen LogP contribution in [0.1, 0.15) is 61.1 Å². The monoisotopic (exact) mass is 397 g/mol. The fourth-order valence-corrected chi connectivity index (χ4v) is 4.17. The zero-order valence-electron chi connectivity index (χ0n) is 16.7. The van der Waals surface area contributed by atoms with Gasteiger partial charge < -0.3 is 9.64 Å². The molecule has 7 nitrogen and oxygen atoms in total. The molecule has 3 heterocycles. The van der Waals surface area contributed by atoms with E-state index >= 15 is 0 Å². The van der Waals surface area contributed by atoms with E-state index in [1.54, 1.807) is 27.7 Å². The van der Waals surface area contributed by atoms with Gasteiger partial charge in [0.1, 0.15) is 5.82 Å². The molecule has 154 valence electrons. The quantitative estimate of drug-likeness (QED) is 0.744. The summed E-state index contributed by atoms with van der Waals surface area (Å²) in [6, 6.07) is 4.81. The van der Waals surface area contributed by atoms with Gasteiger partial charge in [-0.3, -0.25) is 14.2 Å². The Balaban J connectivity index is 1.49. The highest BCUT2D eigenvalue weighted by molar-refractivity contribution is 5.95. The SMILES string of the molecule is O=C(OCC(=O)N1CCCCCC1)c1ccc2c(=O)n3c(nc2c1)CCCCC3. The lowest BCUT2D eigenvalue weighted by atomic mass is 10.1. The summed E-state index contributed by atoms with van der Waals surface area (Å²) < 4.78 is 7.01. The number of rotatable bonds is 3. The number of fused-ring (bicyclic) bond motifs is 2. The predicted molar refractivity (Wildman–Crippen MR) is 109 cm³/mol. The van der Waals surface area contributed by atoms with E-state index in [9.17, 15) is 14.4 Å². The van der Waals surface area contributed by atoms with Gasteiger partial charge in [0, 0.05) is 26.1 Å². The Morgan fingerprint density at radius 2 is 1.69 bits per heavy atom. The Morgan fingerprint density at radius 3 is 2.48 bits per heavy atom. The second-order valence-corrected chi connectivity index (χ2v) is 7.90. The first-order valence-electron chi connectivity index (χ1n) is 10.6. The van der Waals surface area contributed by atoms with Crippen LogP contribution in [0.3, 0.4) is 0 Å². The van der Waals surface area contributed by atoms with Crippen LogP contribution in [0.2, 0.25) is 0 Å². The van der Waals surface area contributed by atoms with Crippen molar-refractivity contribution in [1.29, 1.82) is 0 Å². The third kappa shape index (κ3) is 4.33. The Hall–Kier alpha value is -2.70. The number of carbonyl (C=O) groups is 2. The molecule has 0 unspecified atom stereocenters. The van der Waals surface area contributed by atoms with Crippen molar-refractivity contribution in [2.24, 2.45) is 0 Å². The van der Waals surface area contributed by atoms with E-state index in [2.05, 4.69) is 4.98 Å². The van der Waals surface area contributed by atoms with Crippen LogP contribution in [-0.2, 0) is 22.5 Å². The van der Waals surface area contributed by atoms with E-state index in [1.807, 2.05) is 0 Å². The van der Waals surface area contributed by atoms with Crippen molar-refractivity contribution in [1.82, 2.24) is 14.5 Å². The van der Waals surface area contributed by atoms with E-state index in [-0.39, 0.29) is 18.1 Å². The fourth-order valence-electron chi connectivity index (χ4n) is 4.17. The largest absolute Gasteiger partial charge is 0.452 e. The molecule has 1 fully saturated rings. The Morgan fingerprint density at radius 1 is 0.966 bits per heavy atom. The minimum atomic E-state index is -0.563. The van der Waals surface area contributed by atoms with E-state index in [0.29, 0.717) is 23.0 Å². The summed E-state index contributed by atoms with van der Waals surface area (Å²) in [5.74, 6) is 0.0662. The number of hydrogen-bond acceptors (Lipinski definition) is 5. The highest BCUT2D eigenvalue weighted by Crippen LogP contribution is 2.17. The normalized spacial score (nSPS) is 17.3. The van der Waals surface area contributed by atoms with Gasteiger partial charge in [0.2, 0.25) is 0 Å². The van der Waals surface area contributed by atoms with E-state index in [4.69, 9.17) is 4.74 Å². The average Bonchev–Trinajstić information content (AvgIpc) is 3.14. The minimum absolute atomic E-state index is 0.0526. The van der Waals surface area contributed by atoms with Gasteiger partial charge in [-0.15, -0.1) is 0 Å². The predicted octanol–water partition coefficient (Wildman–Crippen LogP) is 2.68. The molecule has 1 saturated heterocycles. The van der Waals surface area contributed by atoms with Crippen molar-refractivity contribution in [2.45, 2.75) is 57.9 Å². The number of likely N-dealkylation sites (tertiary alicyclic amines) is 1. The van der Waals surface area contributed by atoms with Crippen LogP contribution in [0, 0.1) is 0 Å². The lowest BCUT2D eigenvalue weighted by Gasteiger charge is -2.19. The lowest BCUT2D eigenvalue weighted by Crippen LogP contribution is -2.35. The zero-order valence-corrected chi connectivity index (χ0v) is 16.7. The third-order valence-corrected chi connectivity index (χ3v) is 5.84. The van der Waals surface area contributed by atoms with Crippen molar-refractivity contribution < 1.29 is 14.3 Å². The molecule has 0 saturated carbocycles. The molecule has 1 amide bonds. The maximum atomic E-state index is 12.8. The van der Waals surface area contributed by atoms with Gasteiger partial charge in [0.25, 0.3) is 11.5 Å². The number of aromatic nitrogens is 2. The van der Waals surface area contributed by atoms with E-state index < -0.39 is 5.97 Å². The average molecular weight is 397 g/mol. The van der Waals surface area contributed by atoms with Crippen LogP contribution in [0.4, 0.5) is 0 Å². The van der Waals surface area contributed by atoms with Gasteiger partial charge in [-0.25, -0.2) is 9.78 Å². The molecule has 0 atom stereocenters. The molecular weight excluding hydrogens is 370 g/mol. The van der Waals surface area contributed by atoms with Crippen molar-refractivity contribution in [3.8, 4) is 0 Å². The lowest BCUT2D eigenvalue weighted by molar-refractivity contribution is -0.134. The first-order valence-corrected chi connectivity index (χ1v) is 10.6. The first kappa shape index (κ1) is 19.6. The maximum absolute atomic E-state index is 12.8. The van der Waals surface area contributed by atoms with Crippen LogP contribution in [0.15, 0.2) is 23.0 Å². The molecular formula is C22H27N3O4. The summed E-state index contributed by atoms with van der Waals surface area (Å²) in [6.45, 7) is 1.90. The van der Waals surface area contributed by atoms with Crippen LogP contribution >= 0.6 is 0 Å². The van der Waals surface area contributed by atoms with Gasteiger partial charge in [0.05, 0.1) is 16.5 Å². The second-order valence-electron chi connectivity index (χ2n) is 7.90. The second kappa shape index (κ2) is 8.76. The minimum Gasteiger partial charge on any atom is -0.452 e. The molecule has 0 bridgehead atoms. The summed E-state index contributed by atoms with van der Waals surface area (Å²) >= 11 is 0.